The Balaban J connectivity index is 4.51. The monoisotopic (exact) mass is 955 g/mol. The molecule has 0 aromatic rings. The van der Waals surface area contributed by atoms with Crippen LogP contribution in [0.4, 0.5) is 0 Å². The largest absolute Gasteiger partial charge is 0.462 e. The Hall–Kier alpha value is -4.19. The van der Waals surface area contributed by atoms with Crippen molar-refractivity contribution in [1.82, 2.24) is 0 Å². The predicted molar refractivity (Wildman–Crippen MR) is 297 cm³/mol. The van der Waals surface area contributed by atoms with E-state index >= 15 is 0 Å². The Labute approximate surface area is 424 Å². The first-order valence-corrected chi connectivity index (χ1v) is 28.0. The van der Waals surface area contributed by atoms with Crippen LogP contribution in [0.25, 0.3) is 0 Å². The van der Waals surface area contributed by atoms with E-state index in [9.17, 15) is 14.4 Å². The highest BCUT2D eigenvalue weighted by molar-refractivity contribution is 5.71. The summed E-state index contributed by atoms with van der Waals surface area (Å²) in [5.41, 5.74) is 0. The first kappa shape index (κ1) is 64.8. The van der Waals surface area contributed by atoms with E-state index in [0.29, 0.717) is 12.8 Å². The van der Waals surface area contributed by atoms with Crippen molar-refractivity contribution in [3.05, 3.63) is 122 Å². The van der Waals surface area contributed by atoms with E-state index in [1.54, 1.807) is 0 Å². The van der Waals surface area contributed by atoms with E-state index in [0.717, 1.165) is 148 Å². The first-order chi connectivity index (χ1) is 34.0. The van der Waals surface area contributed by atoms with Gasteiger partial charge in [0.2, 0.25) is 0 Å². The Morgan fingerprint density at radius 1 is 0.304 bits per heavy atom. The first-order valence-electron chi connectivity index (χ1n) is 28.0. The van der Waals surface area contributed by atoms with Gasteiger partial charge in [-0.25, -0.2) is 0 Å². The quantitative estimate of drug-likeness (QED) is 0.0262. The third-order valence-corrected chi connectivity index (χ3v) is 11.4. The Morgan fingerprint density at radius 2 is 0.565 bits per heavy atom. The van der Waals surface area contributed by atoms with Gasteiger partial charge in [0.15, 0.2) is 6.10 Å². The van der Waals surface area contributed by atoms with Crippen LogP contribution in [0.5, 0.6) is 0 Å². The zero-order chi connectivity index (χ0) is 50.0. The minimum absolute atomic E-state index is 0.105. The number of esters is 3. The standard InChI is InChI=1S/C63H102O6/c1-4-7-10-13-16-19-22-25-28-30-31-33-36-39-42-45-48-51-54-57-63(66)69-60(58-67-61(64)55-52-49-46-43-40-37-34-27-24-21-18-15-12-9-6-3)59-68-62(65)56-53-50-47-44-41-38-35-32-29-26-23-20-17-14-11-8-5-2/h7,9-10,12,16-21,25-29,31,33-34,39,42,60H,4-6,8,11,13-15,22-24,30,32,35-38,40-41,43-59H2,1-3H3/b10-7-,12-9-,19-16-,20-17-,21-18-,28-25-,29-26-,33-31-,34-27-,42-39-/t60-/m1/s1. The Morgan fingerprint density at radius 3 is 0.899 bits per heavy atom. The molecule has 0 N–H and O–H groups in total. The van der Waals surface area contributed by atoms with Crippen LogP contribution < -0.4 is 0 Å². The summed E-state index contributed by atoms with van der Waals surface area (Å²) in [6, 6.07) is 0. The summed E-state index contributed by atoms with van der Waals surface area (Å²) in [5.74, 6) is -0.965. The van der Waals surface area contributed by atoms with Crippen LogP contribution in [0.15, 0.2) is 122 Å². The second-order valence-electron chi connectivity index (χ2n) is 18.1. The summed E-state index contributed by atoms with van der Waals surface area (Å²) in [6.45, 7) is 6.33. The second-order valence-corrected chi connectivity index (χ2v) is 18.1. The van der Waals surface area contributed by atoms with Crippen molar-refractivity contribution in [2.75, 3.05) is 13.2 Å². The summed E-state index contributed by atoms with van der Waals surface area (Å²) in [6.07, 6.45) is 77.5. The normalized spacial score (nSPS) is 13.0. The van der Waals surface area contributed by atoms with Crippen molar-refractivity contribution in [1.29, 1.82) is 0 Å². The fourth-order valence-electron chi connectivity index (χ4n) is 7.28. The SMILES string of the molecule is CC/C=C\C/C=C\C/C=C\C/C=C\C/C=C\CCCCCC(=O)O[C@H](COC(=O)CCCCCCC/C=C\C/C=C\C/C=C\CC)COC(=O)CCCCCCCCC/C=C\C/C=C\CCCCC. The van der Waals surface area contributed by atoms with Crippen LogP contribution in [-0.2, 0) is 28.6 Å². The van der Waals surface area contributed by atoms with Gasteiger partial charge in [0.25, 0.3) is 0 Å². The zero-order valence-corrected chi connectivity index (χ0v) is 44.5. The Bertz CT molecular complexity index is 1470. The van der Waals surface area contributed by atoms with E-state index in [4.69, 9.17) is 14.2 Å². The van der Waals surface area contributed by atoms with Crippen LogP contribution in [0.3, 0.4) is 0 Å². The number of rotatable bonds is 49. The van der Waals surface area contributed by atoms with E-state index in [1.165, 1.54) is 51.4 Å². The molecule has 0 aliphatic heterocycles. The molecule has 6 nitrogen and oxygen atoms in total. The van der Waals surface area contributed by atoms with E-state index < -0.39 is 6.10 Å². The zero-order valence-electron chi connectivity index (χ0n) is 44.5. The van der Waals surface area contributed by atoms with Gasteiger partial charge >= 0.3 is 17.9 Å². The van der Waals surface area contributed by atoms with Crippen molar-refractivity contribution < 1.29 is 28.6 Å². The number of allylic oxidation sites excluding steroid dienone is 20. The van der Waals surface area contributed by atoms with Gasteiger partial charge in [-0.15, -0.1) is 0 Å². The minimum atomic E-state index is -0.810. The maximum Gasteiger partial charge on any atom is 0.306 e. The van der Waals surface area contributed by atoms with Gasteiger partial charge in [-0.3, -0.25) is 14.4 Å². The molecule has 0 spiro atoms. The van der Waals surface area contributed by atoms with Gasteiger partial charge in [0.1, 0.15) is 13.2 Å². The smallest absolute Gasteiger partial charge is 0.306 e. The Kier molecular flexibility index (Phi) is 53.0. The summed E-state index contributed by atoms with van der Waals surface area (Å²) in [5, 5.41) is 0. The fraction of sp³-hybridized carbons (Fsp3) is 0.635. The third kappa shape index (κ3) is 54.6. The fourth-order valence-corrected chi connectivity index (χ4v) is 7.28. The molecule has 0 aromatic carbocycles. The molecule has 0 aromatic heterocycles. The molecule has 0 aliphatic carbocycles. The van der Waals surface area contributed by atoms with Gasteiger partial charge < -0.3 is 14.2 Å². The van der Waals surface area contributed by atoms with Crippen molar-refractivity contribution in [3.8, 4) is 0 Å². The van der Waals surface area contributed by atoms with Gasteiger partial charge in [0, 0.05) is 19.3 Å². The molecule has 0 fully saturated rings. The highest BCUT2D eigenvalue weighted by atomic mass is 16.6. The van der Waals surface area contributed by atoms with Crippen LogP contribution >= 0.6 is 0 Å². The predicted octanol–water partition coefficient (Wildman–Crippen LogP) is 18.9. The van der Waals surface area contributed by atoms with Gasteiger partial charge in [-0.1, -0.05) is 213 Å². The molecule has 1 atom stereocenters. The topological polar surface area (TPSA) is 78.9 Å². The number of carbonyl (C=O) groups is 3. The molecule has 0 bridgehead atoms. The van der Waals surface area contributed by atoms with Crippen LogP contribution in [0.1, 0.15) is 239 Å². The minimum Gasteiger partial charge on any atom is -0.462 e. The molecule has 0 saturated carbocycles. The van der Waals surface area contributed by atoms with Crippen molar-refractivity contribution in [2.24, 2.45) is 0 Å². The van der Waals surface area contributed by atoms with Crippen molar-refractivity contribution in [2.45, 2.75) is 245 Å². The number of carbonyl (C=O) groups excluding carboxylic acids is 3. The lowest BCUT2D eigenvalue weighted by atomic mass is 10.1. The molecule has 390 valence electrons. The molecule has 6 heteroatoms. The van der Waals surface area contributed by atoms with Crippen LogP contribution in [0, 0.1) is 0 Å². The summed E-state index contributed by atoms with van der Waals surface area (Å²) < 4.78 is 16.8. The molecular weight excluding hydrogens is 853 g/mol. The van der Waals surface area contributed by atoms with Gasteiger partial charge in [-0.2, -0.15) is 0 Å². The lowest BCUT2D eigenvalue weighted by Crippen LogP contribution is -2.30. The van der Waals surface area contributed by atoms with Crippen LogP contribution in [-0.4, -0.2) is 37.2 Å². The highest BCUT2D eigenvalue weighted by Gasteiger charge is 2.19. The molecule has 0 radical (unpaired) electrons. The molecule has 0 aliphatic rings. The maximum absolute atomic E-state index is 12.8. The highest BCUT2D eigenvalue weighted by Crippen LogP contribution is 2.13. The number of hydrogen-bond donors (Lipinski definition) is 0. The molecule has 0 rings (SSSR count). The van der Waals surface area contributed by atoms with E-state index in [1.807, 2.05) is 0 Å². The average molecular weight is 956 g/mol. The summed E-state index contributed by atoms with van der Waals surface area (Å²) >= 11 is 0. The maximum atomic E-state index is 12.8. The summed E-state index contributed by atoms with van der Waals surface area (Å²) in [4.78, 5) is 38.1. The number of hydrogen-bond acceptors (Lipinski definition) is 6. The molecule has 69 heavy (non-hydrogen) atoms. The molecular formula is C63H102O6. The molecule has 0 saturated heterocycles. The molecule has 0 amide bonds. The van der Waals surface area contributed by atoms with Crippen molar-refractivity contribution >= 4 is 17.9 Å². The number of ether oxygens (including phenoxy) is 3. The lowest BCUT2D eigenvalue weighted by Gasteiger charge is -2.18. The summed E-state index contributed by atoms with van der Waals surface area (Å²) in [7, 11) is 0. The van der Waals surface area contributed by atoms with Crippen LogP contribution in [0.2, 0.25) is 0 Å². The van der Waals surface area contributed by atoms with Gasteiger partial charge in [0.05, 0.1) is 0 Å². The molecule has 0 unspecified atom stereocenters. The third-order valence-electron chi connectivity index (χ3n) is 11.4. The second kappa shape index (κ2) is 56.4. The van der Waals surface area contributed by atoms with E-state index in [2.05, 4.69) is 142 Å². The van der Waals surface area contributed by atoms with E-state index in [-0.39, 0.29) is 37.5 Å². The average Bonchev–Trinajstić information content (AvgIpc) is 3.35. The lowest BCUT2D eigenvalue weighted by molar-refractivity contribution is -0.167. The van der Waals surface area contributed by atoms with Gasteiger partial charge in [-0.05, 0) is 128 Å². The number of unbranched alkanes of at least 4 members (excludes halogenated alkanes) is 18. The molecule has 0 heterocycles. The van der Waals surface area contributed by atoms with Crippen molar-refractivity contribution in [3.63, 3.8) is 0 Å².